The molecule has 1 aliphatic heterocycles. The maximum Gasteiger partial charge on any atom is 0.261 e. The van der Waals surface area contributed by atoms with Crippen molar-refractivity contribution in [2.45, 2.75) is 32.7 Å². The number of aromatic nitrogens is 4. The van der Waals surface area contributed by atoms with Crippen molar-refractivity contribution in [3.8, 4) is 0 Å². The third-order valence-corrected chi connectivity index (χ3v) is 5.34. The van der Waals surface area contributed by atoms with E-state index in [1.165, 1.54) is 17.2 Å². The standard InChI is InChI=1S/C21H24N6O2/c1-15-6-9-26(10-7-15)19-12-18(22-13-23-19)25-20(28)8-11-27-14-24-17-5-3-2-4-16(17)21(27)29/h2-5,12-15H,6-11H2,1H3,(H,22,23,25,28). The summed E-state index contributed by atoms with van der Waals surface area (Å²) in [7, 11) is 0. The molecule has 3 aromatic rings. The van der Waals surface area contributed by atoms with E-state index in [0.29, 0.717) is 16.7 Å². The quantitative estimate of drug-likeness (QED) is 0.717. The molecule has 0 spiro atoms. The summed E-state index contributed by atoms with van der Waals surface area (Å²) in [5.41, 5.74) is 0.505. The van der Waals surface area contributed by atoms with Crippen LogP contribution in [0.15, 0.2) is 47.8 Å². The van der Waals surface area contributed by atoms with Crippen LogP contribution >= 0.6 is 0 Å². The molecule has 3 heterocycles. The van der Waals surface area contributed by atoms with Crippen LogP contribution in [0.1, 0.15) is 26.2 Å². The first kappa shape index (κ1) is 19.0. The summed E-state index contributed by atoms with van der Waals surface area (Å²) < 4.78 is 1.46. The molecular weight excluding hydrogens is 368 g/mol. The van der Waals surface area contributed by atoms with E-state index in [9.17, 15) is 9.59 Å². The lowest BCUT2D eigenvalue weighted by Gasteiger charge is -2.31. The third-order valence-electron chi connectivity index (χ3n) is 5.34. The Hall–Kier alpha value is -3.29. The maximum atomic E-state index is 12.5. The van der Waals surface area contributed by atoms with E-state index in [-0.39, 0.29) is 24.4 Å². The van der Waals surface area contributed by atoms with Gasteiger partial charge in [-0.15, -0.1) is 0 Å². The highest BCUT2D eigenvalue weighted by atomic mass is 16.2. The Labute approximate surface area is 168 Å². The van der Waals surface area contributed by atoms with Gasteiger partial charge in [0.25, 0.3) is 5.56 Å². The van der Waals surface area contributed by atoms with Crippen LogP contribution in [0.5, 0.6) is 0 Å². The largest absolute Gasteiger partial charge is 0.356 e. The molecule has 0 saturated carbocycles. The van der Waals surface area contributed by atoms with Crippen molar-refractivity contribution in [1.29, 1.82) is 0 Å². The molecule has 1 amide bonds. The number of aryl methyl sites for hydroxylation is 1. The average molecular weight is 392 g/mol. The Morgan fingerprint density at radius 2 is 1.97 bits per heavy atom. The molecule has 1 fully saturated rings. The number of piperidine rings is 1. The summed E-state index contributed by atoms with van der Waals surface area (Å²) in [5.74, 6) is 1.84. The fourth-order valence-electron chi connectivity index (χ4n) is 3.52. The monoisotopic (exact) mass is 392 g/mol. The van der Waals surface area contributed by atoms with Crippen LogP contribution < -0.4 is 15.8 Å². The van der Waals surface area contributed by atoms with Gasteiger partial charge in [0, 0.05) is 32.1 Å². The van der Waals surface area contributed by atoms with Crippen LogP contribution in [-0.2, 0) is 11.3 Å². The zero-order valence-electron chi connectivity index (χ0n) is 16.4. The molecule has 0 atom stereocenters. The fraction of sp³-hybridized carbons (Fsp3) is 0.381. The van der Waals surface area contributed by atoms with Gasteiger partial charge < -0.3 is 10.2 Å². The SMILES string of the molecule is CC1CCN(c2cc(NC(=O)CCn3cnc4ccccc4c3=O)ncn2)CC1. The van der Waals surface area contributed by atoms with Gasteiger partial charge in [0.1, 0.15) is 18.0 Å². The third kappa shape index (κ3) is 4.42. The number of nitrogens with one attached hydrogen (secondary N) is 1. The van der Waals surface area contributed by atoms with Gasteiger partial charge in [0.15, 0.2) is 0 Å². The summed E-state index contributed by atoms with van der Waals surface area (Å²) in [6.07, 6.45) is 5.39. The van der Waals surface area contributed by atoms with E-state index in [4.69, 9.17) is 0 Å². The molecule has 1 saturated heterocycles. The summed E-state index contributed by atoms with van der Waals surface area (Å²) in [5, 5.41) is 3.35. The smallest absolute Gasteiger partial charge is 0.261 e. The number of carbonyl (C=O) groups is 1. The Bertz CT molecular complexity index is 1070. The molecule has 0 bridgehead atoms. The predicted octanol–water partition coefficient (Wildman–Crippen LogP) is 2.45. The normalized spacial score (nSPS) is 14.9. The van der Waals surface area contributed by atoms with Crippen molar-refractivity contribution in [3.63, 3.8) is 0 Å². The second kappa shape index (κ2) is 8.38. The van der Waals surface area contributed by atoms with Crippen molar-refractivity contribution in [2.24, 2.45) is 5.92 Å². The molecule has 0 unspecified atom stereocenters. The molecule has 8 nitrogen and oxygen atoms in total. The number of fused-ring (bicyclic) bond motifs is 1. The van der Waals surface area contributed by atoms with Crippen molar-refractivity contribution < 1.29 is 4.79 Å². The molecule has 29 heavy (non-hydrogen) atoms. The lowest BCUT2D eigenvalue weighted by Crippen LogP contribution is -2.33. The fourth-order valence-corrected chi connectivity index (χ4v) is 3.52. The highest BCUT2D eigenvalue weighted by Gasteiger charge is 2.17. The minimum Gasteiger partial charge on any atom is -0.356 e. The van der Waals surface area contributed by atoms with E-state index in [2.05, 4.69) is 32.1 Å². The van der Waals surface area contributed by atoms with Crippen molar-refractivity contribution >= 4 is 28.4 Å². The zero-order chi connectivity index (χ0) is 20.2. The number of benzene rings is 1. The second-order valence-corrected chi connectivity index (χ2v) is 7.49. The summed E-state index contributed by atoms with van der Waals surface area (Å²) in [6.45, 7) is 4.44. The number of rotatable bonds is 5. The first-order chi connectivity index (χ1) is 14.1. The molecule has 2 aromatic heterocycles. The van der Waals surface area contributed by atoms with E-state index < -0.39 is 0 Å². The minimum absolute atomic E-state index is 0.146. The van der Waals surface area contributed by atoms with Gasteiger partial charge in [0.05, 0.1) is 17.2 Å². The molecule has 4 rings (SSSR count). The molecule has 8 heteroatoms. The molecular formula is C21H24N6O2. The van der Waals surface area contributed by atoms with Gasteiger partial charge in [0.2, 0.25) is 5.91 Å². The Morgan fingerprint density at radius 3 is 2.79 bits per heavy atom. The topological polar surface area (TPSA) is 93.0 Å². The lowest BCUT2D eigenvalue weighted by molar-refractivity contribution is -0.116. The molecule has 1 N–H and O–H groups in total. The summed E-state index contributed by atoms with van der Waals surface area (Å²) >= 11 is 0. The molecule has 150 valence electrons. The Balaban J connectivity index is 1.38. The van der Waals surface area contributed by atoms with Crippen LogP contribution in [-0.4, -0.2) is 38.5 Å². The second-order valence-electron chi connectivity index (χ2n) is 7.49. The van der Waals surface area contributed by atoms with E-state index in [1.807, 2.05) is 6.07 Å². The number of anilines is 2. The molecule has 1 aromatic carbocycles. The van der Waals surface area contributed by atoms with Crippen LogP contribution in [0, 0.1) is 5.92 Å². The molecule has 0 radical (unpaired) electrons. The van der Waals surface area contributed by atoms with Crippen molar-refractivity contribution in [3.05, 3.63) is 53.3 Å². The summed E-state index contributed by atoms with van der Waals surface area (Å²) in [6, 6.07) is 8.98. The van der Waals surface area contributed by atoms with Crippen LogP contribution in [0.3, 0.4) is 0 Å². The van der Waals surface area contributed by atoms with Gasteiger partial charge in [-0.05, 0) is 30.9 Å². The van der Waals surface area contributed by atoms with Crippen molar-refractivity contribution in [2.75, 3.05) is 23.3 Å². The van der Waals surface area contributed by atoms with Gasteiger partial charge in [-0.25, -0.2) is 15.0 Å². The number of nitrogens with zero attached hydrogens (tertiary/aromatic N) is 5. The first-order valence-electron chi connectivity index (χ1n) is 9.91. The highest BCUT2D eigenvalue weighted by Crippen LogP contribution is 2.22. The minimum atomic E-state index is -0.207. The lowest BCUT2D eigenvalue weighted by atomic mass is 9.99. The Kier molecular flexibility index (Phi) is 5.50. The number of para-hydroxylation sites is 1. The number of amides is 1. The summed E-state index contributed by atoms with van der Waals surface area (Å²) in [4.78, 5) is 39.9. The van der Waals surface area contributed by atoms with Gasteiger partial charge in [-0.1, -0.05) is 19.1 Å². The van der Waals surface area contributed by atoms with Crippen LogP contribution in [0.25, 0.3) is 10.9 Å². The zero-order valence-corrected chi connectivity index (χ0v) is 16.4. The highest BCUT2D eigenvalue weighted by molar-refractivity contribution is 5.90. The van der Waals surface area contributed by atoms with E-state index in [0.717, 1.165) is 37.7 Å². The van der Waals surface area contributed by atoms with Gasteiger partial charge >= 0.3 is 0 Å². The number of carbonyl (C=O) groups excluding carboxylic acids is 1. The average Bonchev–Trinajstić information content (AvgIpc) is 2.74. The number of hydrogen-bond acceptors (Lipinski definition) is 6. The molecule has 0 aliphatic carbocycles. The number of hydrogen-bond donors (Lipinski definition) is 1. The predicted molar refractivity (Wildman–Crippen MR) is 112 cm³/mol. The van der Waals surface area contributed by atoms with E-state index in [1.54, 1.807) is 24.3 Å². The molecule has 1 aliphatic rings. The van der Waals surface area contributed by atoms with Crippen LogP contribution in [0.2, 0.25) is 0 Å². The van der Waals surface area contributed by atoms with E-state index >= 15 is 0 Å². The maximum absolute atomic E-state index is 12.5. The Morgan fingerprint density at radius 1 is 1.17 bits per heavy atom. The van der Waals surface area contributed by atoms with Crippen molar-refractivity contribution in [1.82, 2.24) is 19.5 Å². The van der Waals surface area contributed by atoms with Crippen LogP contribution in [0.4, 0.5) is 11.6 Å². The van der Waals surface area contributed by atoms with Gasteiger partial charge in [-0.2, -0.15) is 0 Å². The first-order valence-corrected chi connectivity index (χ1v) is 9.91. The van der Waals surface area contributed by atoms with Gasteiger partial charge in [-0.3, -0.25) is 14.2 Å².